The summed E-state index contributed by atoms with van der Waals surface area (Å²) < 4.78 is 38.7. The molecule has 0 aromatic heterocycles. The maximum absolute atomic E-state index is 13.8. The number of primary amides is 1. The fourth-order valence-electron chi connectivity index (χ4n) is 1.52. The fourth-order valence-corrected chi connectivity index (χ4v) is 2.98. The molecule has 0 bridgehead atoms. The van der Waals surface area contributed by atoms with Gasteiger partial charge in [-0.1, -0.05) is 6.92 Å². The molecule has 0 aliphatic heterocycles. The predicted molar refractivity (Wildman–Crippen MR) is 67.0 cm³/mol. The zero-order chi connectivity index (χ0) is 15.5. The van der Waals surface area contributed by atoms with E-state index in [1.165, 1.54) is 6.92 Å². The summed E-state index contributed by atoms with van der Waals surface area (Å²) in [4.78, 5) is 20.8. The Labute approximate surface area is 114 Å². The number of carbonyl (C=O) groups is 2. The molecular formula is C11H13FN2O5S. The number of nitrogens with zero attached hydrogens (tertiary/aromatic N) is 1. The zero-order valence-corrected chi connectivity index (χ0v) is 11.4. The zero-order valence-electron chi connectivity index (χ0n) is 10.5. The average molecular weight is 304 g/mol. The van der Waals surface area contributed by atoms with Gasteiger partial charge in [0.2, 0.25) is 15.9 Å². The van der Waals surface area contributed by atoms with Crippen molar-refractivity contribution >= 4 is 21.9 Å². The Balaban J connectivity index is 3.27. The smallest absolute Gasteiger partial charge is 0.335 e. The molecule has 1 aromatic carbocycles. The first kappa shape index (κ1) is 16.1. The number of carboxylic acid groups (broad SMARTS) is 1. The van der Waals surface area contributed by atoms with Crippen LogP contribution in [0.1, 0.15) is 17.3 Å². The molecule has 0 saturated carbocycles. The highest BCUT2D eigenvalue weighted by Crippen LogP contribution is 2.20. The molecule has 0 atom stereocenters. The minimum atomic E-state index is -4.25. The molecule has 7 nitrogen and oxygen atoms in total. The number of sulfonamides is 1. The summed E-state index contributed by atoms with van der Waals surface area (Å²) in [5.74, 6) is -3.46. The molecule has 0 aliphatic carbocycles. The van der Waals surface area contributed by atoms with Crippen molar-refractivity contribution < 1.29 is 27.5 Å². The number of likely N-dealkylation sites (N-methyl/N-ethyl adjacent to an activating group) is 1. The Kier molecular flexibility index (Phi) is 4.79. The molecule has 110 valence electrons. The third kappa shape index (κ3) is 3.31. The van der Waals surface area contributed by atoms with Gasteiger partial charge in [0.25, 0.3) is 0 Å². The molecular weight excluding hydrogens is 291 g/mol. The summed E-state index contributed by atoms with van der Waals surface area (Å²) in [6.07, 6.45) is 0. The van der Waals surface area contributed by atoms with Gasteiger partial charge < -0.3 is 10.8 Å². The average Bonchev–Trinajstić information content (AvgIpc) is 2.34. The fraction of sp³-hybridized carbons (Fsp3) is 0.273. The van der Waals surface area contributed by atoms with E-state index in [0.717, 1.165) is 12.1 Å². The van der Waals surface area contributed by atoms with Crippen LogP contribution in [0.3, 0.4) is 0 Å². The standard InChI is InChI=1S/C11H13FN2O5S/c1-2-14(6-10(13)15)20(18,19)9-4-3-7(11(16)17)5-8(9)12/h3-5H,2,6H2,1H3,(H2,13,15)(H,16,17). The number of carboxylic acids is 1. The normalized spacial score (nSPS) is 11.6. The van der Waals surface area contributed by atoms with Crippen molar-refractivity contribution in [1.29, 1.82) is 0 Å². The molecule has 0 unspecified atom stereocenters. The van der Waals surface area contributed by atoms with Gasteiger partial charge in [0.05, 0.1) is 12.1 Å². The molecule has 3 N–H and O–H groups in total. The SMILES string of the molecule is CCN(CC(N)=O)S(=O)(=O)c1ccc(C(=O)O)cc1F. The molecule has 0 fully saturated rings. The van der Waals surface area contributed by atoms with Crippen LogP contribution in [0.15, 0.2) is 23.1 Å². The maximum Gasteiger partial charge on any atom is 0.335 e. The van der Waals surface area contributed by atoms with E-state index in [1.807, 2.05) is 0 Å². The Morgan fingerprint density at radius 1 is 1.40 bits per heavy atom. The third-order valence-electron chi connectivity index (χ3n) is 2.48. The van der Waals surface area contributed by atoms with Crippen LogP contribution in [0.25, 0.3) is 0 Å². The van der Waals surface area contributed by atoms with Crippen molar-refractivity contribution in [1.82, 2.24) is 4.31 Å². The van der Waals surface area contributed by atoms with Gasteiger partial charge in [0.1, 0.15) is 10.7 Å². The van der Waals surface area contributed by atoms with E-state index in [1.54, 1.807) is 0 Å². The molecule has 0 heterocycles. The first-order valence-electron chi connectivity index (χ1n) is 5.51. The van der Waals surface area contributed by atoms with Crippen LogP contribution in [-0.4, -0.2) is 42.8 Å². The second kappa shape index (κ2) is 5.97. The topological polar surface area (TPSA) is 118 Å². The largest absolute Gasteiger partial charge is 0.478 e. The molecule has 20 heavy (non-hydrogen) atoms. The Bertz CT molecular complexity index is 644. The van der Waals surface area contributed by atoms with Crippen LogP contribution >= 0.6 is 0 Å². The van der Waals surface area contributed by atoms with Crippen molar-refractivity contribution in [3.8, 4) is 0 Å². The van der Waals surface area contributed by atoms with Crippen molar-refractivity contribution in [3.63, 3.8) is 0 Å². The van der Waals surface area contributed by atoms with Crippen molar-refractivity contribution in [2.24, 2.45) is 5.73 Å². The Morgan fingerprint density at radius 3 is 2.40 bits per heavy atom. The van der Waals surface area contributed by atoms with Crippen LogP contribution < -0.4 is 5.73 Å². The van der Waals surface area contributed by atoms with Gasteiger partial charge in [-0.05, 0) is 18.2 Å². The van der Waals surface area contributed by atoms with E-state index in [0.29, 0.717) is 10.4 Å². The van der Waals surface area contributed by atoms with Gasteiger partial charge in [-0.25, -0.2) is 17.6 Å². The molecule has 9 heteroatoms. The van der Waals surface area contributed by atoms with E-state index >= 15 is 0 Å². The summed E-state index contributed by atoms with van der Waals surface area (Å²) in [6.45, 7) is 0.800. The molecule has 1 amide bonds. The van der Waals surface area contributed by atoms with Crippen molar-refractivity contribution in [2.45, 2.75) is 11.8 Å². The lowest BCUT2D eigenvalue weighted by atomic mass is 10.2. The quantitative estimate of drug-likeness (QED) is 0.768. The van der Waals surface area contributed by atoms with Crippen LogP contribution in [0, 0.1) is 5.82 Å². The summed E-state index contributed by atoms with van der Waals surface area (Å²) in [5, 5.41) is 8.69. The predicted octanol–water partition coefficient (Wildman–Crippen LogP) is 0.0198. The first-order chi connectivity index (χ1) is 9.20. The maximum atomic E-state index is 13.8. The van der Waals surface area contributed by atoms with E-state index in [-0.39, 0.29) is 12.1 Å². The van der Waals surface area contributed by atoms with Crippen molar-refractivity contribution in [3.05, 3.63) is 29.6 Å². The monoisotopic (exact) mass is 304 g/mol. The van der Waals surface area contributed by atoms with Gasteiger partial charge in [-0.3, -0.25) is 4.79 Å². The summed E-state index contributed by atoms with van der Waals surface area (Å²) in [7, 11) is -4.25. The summed E-state index contributed by atoms with van der Waals surface area (Å²) >= 11 is 0. The number of benzene rings is 1. The molecule has 0 radical (unpaired) electrons. The number of hydrogen-bond acceptors (Lipinski definition) is 4. The van der Waals surface area contributed by atoms with E-state index in [9.17, 15) is 22.4 Å². The lowest BCUT2D eigenvalue weighted by Crippen LogP contribution is -2.38. The van der Waals surface area contributed by atoms with Crippen LogP contribution in [0.2, 0.25) is 0 Å². The molecule has 0 spiro atoms. The Hall–Kier alpha value is -2.00. The lowest BCUT2D eigenvalue weighted by molar-refractivity contribution is -0.118. The van der Waals surface area contributed by atoms with Gasteiger partial charge in [0, 0.05) is 6.54 Å². The number of hydrogen-bond donors (Lipinski definition) is 2. The lowest BCUT2D eigenvalue weighted by Gasteiger charge is -2.19. The number of aromatic carboxylic acids is 1. The third-order valence-corrected chi connectivity index (χ3v) is 4.44. The number of halogens is 1. The van der Waals surface area contributed by atoms with Gasteiger partial charge in [0.15, 0.2) is 0 Å². The summed E-state index contributed by atoms with van der Waals surface area (Å²) in [6, 6.07) is 2.42. The van der Waals surface area contributed by atoms with E-state index in [4.69, 9.17) is 10.8 Å². The number of amides is 1. The Morgan fingerprint density at radius 2 is 2.00 bits per heavy atom. The van der Waals surface area contributed by atoms with Gasteiger partial charge in [-0.2, -0.15) is 4.31 Å². The summed E-state index contributed by atoms with van der Waals surface area (Å²) in [5.41, 5.74) is 4.55. The molecule has 1 aromatic rings. The van der Waals surface area contributed by atoms with Crippen LogP contribution in [0.4, 0.5) is 4.39 Å². The van der Waals surface area contributed by atoms with Gasteiger partial charge >= 0.3 is 5.97 Å². The number of nitrogens with two attached hydrogens (primary N) is 1. The molecule has 1 rings (SSSR count). The van der Waals surface area contributed by atoms with E-state index < -0.39 is 39.2 Å². The van der Waals surface area contributed by atoms with E-state index in [2.05, 4.69) is 0 Å². The van der Waals surface area contributed by atoms with Gasteiger partial charge in [-0.15, -0.1) is 0 Å². The van der Waals surface area contributed by atoms with Crippen LogP contribution in [0.5, 0.6) is 0 Å². The van der Waals surface area contributed by atoms with Crippen LogP contribution in [-0.2, 0) is 14.8 Å². The highest BCUT2D eigenvalue weighted by atomic mass is 32.2. The second-order valence-electron chi connectivity index (χ2n) is 3.85. The number of rotatable bonds is 6. The molecule has 0 aliphatic rings. The first-order valence-corrected chi connectivity index (χ1v) is 6.95. The highest BCUT2D eigenvalue weighted by molar-refractivity contribution is 7.89. The minimum absolute atomic E-state index is 0.0780. The minimum Gasteiger partial charge on any atom is -0.478 e. The number of carbonyl (C=O) groups excluding carboxylic acids is 1. The second-order valence-corrected chi connectivity index (χ2v) is 5.75. The highest BCUT2D eigenvalue weighted by Gasteiger charge is 2.28. The van der Waals surface area contributed by atoms with Crippen molar-refractivity contribution in [2.75, 3.05) is 13.1 Å². The molecule has 0 saturated heterocycles.